The van der Waals surface area contributed by atoms with E-state index in [1.165, 1.54) is 0 Å². The lowest BCUT2D eigenvalue weighted by Gasteiger charge is -2.01. The molecule has 0 aromatic heterocycles. The Balaban J connectivity index is 2.56. The first-order valence-corrected chi connectivity index (χ1v) is 2.81. The summed E-state index contributed by atoms with van der Waals surface area (Å²) in [7, 11) is 0. The zero-order valence-electron chi connectivity index (χ0n) is 4.67. The molecule has 1 aliphatic rings. The minimum absolute atomic E-state index is 0.802. The number of hydrogen-bond donors (Lipinski definition) is 1. The van der Waals surface area contributed by atoms with Crippen LogP contribution in [-0.4, -0.2) is 10.9 Å². The Morgan fingerprint density at radius 2 is 2.50 bits per heavy atom. The van der Waals surface area contributed by atoms with Crippen molar-refractivity contribution in [3.63, 3.8) is 0 Å². The van der Waals surface area contributed by atoms with Gasteiger partial charge in [-0.05, 0) is 25.3 Å². The lowest BCUT2D eigenvalue weighted by atomic mass is 10.1. The van der Waals surface area contributed by atoms with Crippen molar-refractivity contribution in [3.8, 4) is 0 Å². The molecule has 0 atom stereocenters. The topological polar surface area (TPSA) is 32.6 Å². The third kappa shape index (κ3) is 1.09. The maximum Gasteiger partial charge on any atom is 0.0792 e. The highest BCUT2D eigenvalue weighted by Gasteiger charge is 1.98. The third-order valence-electron chi connectivity index (χ3n) is 1.24. The second-order valence-corrected chi connectivity index (χ2v) is 1.89. The average molecular weight is 111 g/mol. The molecular weight excluding hydrogens is 102 g/mol. The van der Waals surface area contributed by atoms with Crippen molar-refractivity contribution >= 4 is 5.71 Å². The van der Waals surface area contributed by atoms with Crippen LogP contribution in [0, 0.1) is 0 Å². The first-order chi connectivity index (χ1) is 3.93. The van der Waals surface area contributed by atoms with E-state index in [1.54, 1.807) is 0 Å². The van der Waals surface area contributed by atoms with Gasteiger partial charge in [0, 0.05) is 0 Å². The van der Waals surface area contributed by atoms with E-state index < -0.39 is 0 Å². The summed E-state index contributed by atoms with van der Waals surface area (Å²) in [5, 5.41) is 11.3. The molecule has 2 heteroatoms. The quantitative estimate of drug-likeness (QED) is 0.373. The van der Waals surface area contributed by atoms with Gasteiger partial charge in [0.15, 0.2) is 0 Å². The molecule has 44 valence electrons. The molecule has 0 spiro atoms. The van der Waals surface area contributed by atoms with Crippen LogP contribution in [0.1, 0.15) is 19.3 Å². The lowest BCUT2D eigenvalue weighted by molar-refractivity contribution is 0.318. The van der Waals surface area contributed by atoms with Gasteiger partial charge in [-0.1, -0.05) is 11.2 Å². The van der Waals surface area contributed by atoms with Crippen molar-refractivity contribution in [1.82, 2.24) is 0 Å². The fraction of sp³-hybridized carbons (Fsp3) is 0.500. The van der Waals surface area contributed by atoms with Crippen molar-refractivity contribution in [2.75, 3.05) is 0 Å². The lowest BCUT2D eigenvalue weighted by Crippen LogP contribution is -1.97. The van der Waals surface area contributed by atoms with Crippen LogP contribution in [0.2, 0.25) is 0 Å². The van der Waals surface area contributed by atoms with Crippen molar-refractivity contribution in [1.29, 1.82) is 0 Å². The Kier molecular flexibility index (Phi) is 1.67. The highest BCUT2D eigenvalue weighted by molar-refractivity contribution is 5.94. The Morgan fingerprint density at radius 1 is 1.62 bits per heavy atom. The molecular formula is C6H9NO. The Hall–Kier alpha value is -0.790. The van der Waals surface area contributed by atoms with Crippen LogP contribution in [0.4, 0.5) is 0 Å². The Morgan fingerprint density at radius 3 is 2.88 bits per heavy atom. The van der Waals surface area contributed by atoms with Crippen LogP contribution in [0.15, 0.2) is 17.3 Å². The second-order valence-electron chi connectivity index (χ2n) is 1.89. The summed E-state index contributed by atoms with van der Waals surface area (Å²) >= 11 is 0. The van der Waals surface area contributed by atoms with Gasteiger partial charge in [0.05, 0.1) is 5.71 Å². The molecule has 0 heterocycles. The van der Waals surface area contributed by atoms with E-state index >= 15 is 0 Å². The van der Waals surface area contributed by atoms with Gasteiger partial charge >= 0.3 is 0 Å². The van der Waals surface area contributed by atoms with E-state index in [0.717, 1.165) is 25.0 Å². The largest absolute Gasteiger partial charge is 0.411 e. The Labute approximate surface area is 48.5 Å². The van der Waals surface area contributed by atoms with Crippen molar-refractivity contribution < 1.29 is 5.21 Å². The monoisotopic (exact) mass is 111 g/mol. The minimum atomic E-state index is 0.802. The van der Waals surface area contributed by atoms with Gasteiger partial charge in [0.2, 0.25) is 0 Å². The maximum atomic E-state index is 8.23. The van der Waals surface area contributed by atoms with Crippen LogP contribution < -0.4 is 0 Å². The zero-order chi connectivity index (χ0) is 5.82. The number of rotatable bonds is 0. The van der Waals surface area contributed by atoms with Crippen LogP contribution in [0.25, 0.3) is 0 Å². The number of allylic oxidation sites excluding steroid dienone is 2. The van der Waals surface area contributed by atoms with Gasteiger partial charge < -0.3 is 5.21 Å². The van der Waals surface area contributed by atoms with Crippen LogP contribution in [0.3, 0.4) is 0 Å². The summed E-state index contributed by atoms with van der Waals surface area (Å²) in [6, 6.07) is 0. The zero-order valence-corrected chi connectivity index (χ0v) is 4.67. The number of oxime groups is 1. The van der Waals surface area contributed by atoms with E-state index in [-0.39, 0.29) is 0 Å². The number of hydrogen-bond acceptors (Lipinski definition) is 2. The summed E-state index contributed by atoms with van der Waals surface area (Å²) in [5.41, 5.74) is 0.802. The fourth-order valence-electron chi connectivity index (χ4n) is 0.787. The first kappa shape index (κ1) is 5.35. The summed E-state index contributed by atoms with van der Waals surface area (Å²) < 4.78 is 0. The van der Waals surface area contributed by atoms with Crippen molar-refractivity contribution in [2.45, 2.75) is 19.3 Å². The van der Waals surface area contributed by atoms with E-state index in [9.17, 15) is 0 Å². The van der Waals surface area contributed by atoms with Crippen molar-refractivity contribution in [2.24, 2.45) is 5.16 Å². The molecule has 0 unspecified atom stereocenters. The standard InChI is InChI=1S/C6H9NO/c8-7-6-4-2-1-3-5-6/h2,4,8H,1,3,5H2/b7-6-. The molecule has 0 amide bonds. The predicted molar refractivity (Wildman–Crippen MR) is 32.2 cm³/mol. The summed E-state index contributed by atoms with van der Waals surface area (Å²) in [6.07, 6.45) is 7.06. The molecule has 0 saturated carbocycles. The smallest absolute Gasteiger partial charge is 0.0792 e. The molecule has 0 aromatic rings. The molecule has 8 heavy (non-hydrogen) atoms. The van der Waals surface area contributed by atoms with Gasteiger partial charge in [-0.15, -0.1) is 0 Å². The van der Waals surface area contributed by atoms with E-state index in [2.05, 4.69) is 5.16 Å². The molecule has 0 aliphatic heterocycles. The van der Waals surface area contributed by atoms with E-state index in [0.29, 0.717) is 0 Å². The molecule has 0 aromatic carbocycles. The average Bonchev–Trinajstić information content (AvgIpc) is 1.90. The molecule has 0 saturated heterocycles. The van der Waals surface area contributed by atoms with Crippen LogP contribution in [0.5, 0.6) is 0 Å². The SMILES string of the molecule is O/N=C1/C=CCCC1. The molecule has 1 aliphatic carbocycles. The molecule has 1 N–H and O–H groups in total. The highest BCUT2D eigenvalue weighted by Crippen LogP contribution is 2.06. The summed E-state index contributed by atoms with van der Waals surface area (Å²) in [5.74, 6) is 0. The summed E-state index contributed by atoms with van der Waals surface area (Å²) in [6.45, 7) is 0. The summed E-state index contributed by atoms with van der Waals surface area (Å²) in [4.78, 5) is 0. The van der Waals surface area contributed by atoms with Gasteiger partial charge in [0.25, 0.3) is 0 Å². The van der Waals surface area contributed by atoms with Gasteiger partial charge in [-0.25, -0.2) is 0 Å². The first-order valence-electron chi connectivity index (χ1n) is 2.81. The van der Waals surface area contributed by atoms with Gasteiger partial charge in [0.1, 0.15) is 0 Å². The van der Waals surface area contributed by atoms with E-state index in [4.69, 9.17) is 5.21 Å². The molecule has 2 nitrogen and oxygen atoms in total. The van der Waals surface area contributed by atoms with Crippen LogP contribution in [-0.2, 0) is 0 Å². The molecule has 0 fully saturated rings. The number of nitrogens with zero attached hydrogens (tertiary/aromatic N) is 1. The third-order valence-corrected chi connectivity index (χ3v) is 1.24. The normalized spacial score (nSPS) is 24.2. The van der Waals surface area contributed by atoms with Crippen molar-refractivity contribution in [3.05, 3.63) is 12.2 Å². The van der Waals surface area contributed by atoms with E-state index in [1.807, 2.05) is 12.2 Å². The molecule has 1 rings (SSSR count). The predicted octanol–water partition coefficient (Wildman–Crippen LogP) is 1.56. The highest BCUT2D eigenvalue weighted by atomic mass is 16.4. The minimum Gasteiger partial charge on any atom is -0.411 e. The van der Waals surface area contributed by atoms with Gasteiger partial charge in [-0.3, -0.25) is 0 Å². The second kappa shape index (κ2) is 2.50. The van der Waals surface area contributed by atoms with Crippen LogP contribution >= 0.6 is 0 Å². The molecule has 0 radical (unpaired) electrons. The van der Waals surface area contributed by atoms with Gasteiger partial charge in [-0.2, -0.15) is 0 Å². The molecule has 0 bridgehead atoms. The maximum absolute atomic E-state index is 8.23. The fourth-order valence-corrected chi connectivity index (χ4v) is 0.787. The Bertz CT molecular complexity index is 126.